The van der Waals surface area contributed by atoms with Crippen LogP contribution in [0.3, 0.4) is 0 Å². The Morgan fingerprint density at radius 2 is 1.95 bits per heavy atom. The molecule has 0 radical (unpaired) electrons. The van der Waals surface area contributed by atoms with Crippen molar-refractivity contribution in [2.45, 2.75) is 6.18 Å². The van der Waals surface area contributed by atoms with Crippen molar-refractivity contribution in [3.63, 3.8) is 0 Å². The van der Waals surface area contributed by atoms with Crippen LogP contribution in [-0.4, -0.2) is 22.3 Å². The predicted molar refractivity (Wildman–Crippen MR) is 75.9 cm³/mol. The number of methoxy groups -OCH3 is 1. The van der Waals surface area contributed by atoms with Gasteiger partial charge in [0.2, 0.25) is 5.88 Å². The van der Waals surface area contributed by atoms with Crippen LogP contribution in [0.5, 0.6) is 5.88 Å². The molecule has 0 unspecified atom stereocenters. The first-order valence-electron chi connectivity index (χ1n) is 6.15. The van der Waals surface area contributed by atoms with Crippen LogP contribution in [0.4, 0.5) is 13.2 Å². The summed E-state index contributed by atoms with van der Waals surface area (Å²) in [5.74, 6) is 0.148. The van der Waals surface area contributed by atoms with E-state index in [4.69, 9.17) is 16.3 Å². The largest absolute Gasteiger partial charge is 0.481 e. The fourth-order valence-electron chi connectivity index (χ4n) is 2.22. The molecule has 1 aromatic carbocycles. The molecule has 114 valence electrons. The topological polar surface area (TPSA) is 50.8 Å². The van der Waals surface area contributed by atoms with Gasteiger partial charge in [-0.25, -0.2) is 4.98 Å². The molecule has 1 N–H and O–H groups in total. The van der Waals surface area contributed by atoms with Gasteiger partial charge in [-0.2, -0.15) is 18.3 Å². The molecule has 0 amide bonds. The molecule has 0 saturated carbocycles. The lowest BCUT2D eigenvalue weighted by Crippen LogP contribution is -2.05. The molecule has 0 aliphatic heterocycles. The molecule has 0 bridgehead atoms. The van der Waals surface area contributed by atoms with E-state index in [1.165, 1.54) is 19.4 Å². The maximum atomic E-state index is 13.1. The fraction of sp³-hybridized carbons (Fsp3) is 0.143. The SMILES string of the molecule is COc1nc(Cl)ccc1-c1cc(C(F)(F)F)cc2[nH]ncc12. The normalized spacial score (nSPS) is 11.9. The third kappa shape index (κ3) is 2.48. The van der Waals surface area contributed by atoms with Gasteiger partial charge in [-0.3, -0.25) is 5.10 Å². The Kier molecular flexibility index (Phi) is 3.44. The van der Waals surface area contributed by atoms with Crippen molar-refractivity contribution in [1.82, 2.24) is 15.2 Å². The third-order valence-electron chi connectivity index (χ3n) is 3.20. The van der Waals surface area contributed by atoms with Crippen molar-refractivity contribution >= 4 is 22.5 Å². The average Bonchev–Trinajstić information content (AvgIpc) is 2.93. The number of hydrogen-bond donors (Lipinski definition) is 1. The zero-order valence-electron chi connectivity index (χ0n) is 11.2. The summed E-state index contributed by atoms with van der Waals surface area (Å²) < 4.78 is 44.3. The van der Waals surface area contributed by atoms with Crippen LogP contribution in [0.25, 0.3) is 22.0 Å². The number of H-pyrrole nitrogens is 1. The second-order valence-electron chi connectivity index (χ2n) is 4.54. The van der Waals surface area contributed by atoms with E-state index in [1.54, 1.807) is 6.07 Å². The first-order valence-corrected chi connectivity index (χ1v) is 6.53. The summed E-state index contributed by atoms with van der Waals surface area (Å²) in [4.78, 5) is 3.98. The Morgan fingerprint density at radius 3 is 2.64 bits per heavy atom. The highest BCUT2D eigenvalue weighted by atomic mass is 35.5. The van der Waals surface area contributed by atoms with Gasteiger partial charge in [-0.1, -0.05) is 11.6 Å². The fourth-order valence-corrected chi connectivity index (χ4v) is 2.36. The van der Waals surface area contributed by atoms with Crippen LogP contribution in [0.2, 0.25) is 5.15 Å². The Bertz CT molecular complexity index is 845. The average molecular weight is 328 g/mol. The molecule has 0 aliphatic rings. The van der Waals surface area contributed by atoms with Crippen molar-refractivity contribution in [2.24, 2.45) is 0 Å². The predicted octanol–water partition coefficient (Wildman–Crippen LogP) is 4.31. The Labute approximate surface area is 127 Å². The smallest absolute Gasteiger partial charge is 0.416 e. The monoisotopic (exact) mass is 327 g/mol. The summed E-state index contributed by atoms with van der Waals surface area (Å²) in [5, 5.41) is 7.09. The highest BCUT2D eigenvalue weighted by Crippen LogP contribution is 2.39. The van der Waals surface area contributed by atoms with Crippen molar-refractivity contribution in [3.05, 3.63) is 41.2 Å². The second kappa shape index (κ2) is 5.17. The van der Waals surface area contributed by atoms with Gasteiger partial charge >= 0.3 is 6.18 Å². The standard InChI is InChI=1S/C14H9ClF3N3O/c1-22-13-8(2-3-12(15)20-13)9-4-7(14(16,17)18)5-11-10(9)6-19-21-11/h2-6H,1H3,(H,19,21). The summed E-state index contributed by atoms with van der Waals surface area (Å²) in [6.07, 6.45) is -3.01. The number of ether oxygens (including phenoxy) is 1. The van der Waals surface area contributed by atoms with E-state index in [-0.39, 0.29) is 16.5 Å². The van der Waals surface area contributed by atoms with Crippen LogP contribution in [0, 0.1) is 0 Å². The molecule has 2 heterocycles. The summed E-state index contributed by atoms with van der Waals surface area (Å²) in [7, 11) is 1.38. The minimum Gasteiger partial charge on any atom is -0.481 e. The lowest BCUT2D eigenvalue weighted by molar-refractivity contribution is -0.137. The minimum absolute atomic E-state index is 0.148. The zero-order chi connectivity index (χ0) is 15.9. The van der Waals surface area contributed by atoms with Gasteiger partial charge in [0.05, 0.1) is 24.4 Å². The molecule has 2 aromatic heterocycles. The van der Waals surface area contributed by atoms with E-state index >= 15 is 0 Å². The number of rotatable bonds is 2. The minimum atomic E-state index is -4.47. The Hall–Kier alpha value is -2.28. The van der Waals surface area contributed by atoms with Crippen molar-refractivity contribution in [3.8, 4) is 17.0 Å². The van der Waals surface area contributed by atoms with Crippen LogP contribution in [0.15, 0.2) is 30.5 Å². The maximum absolute atomic E-state index is 13.1. The number of fused-ring (bicyclic) bond motifs is 1. The Morgan fingerprint density at radius 1 is 1.18 bits per heavy atom. The first-order chi connectivity index (χ1) is 10.4. The van der Waals surface area contributed by atoms with E-state index < -0.39 is 11.7 Å². The van der Waals surface area contributed by atoms with Gasteiger partial charge in [0, 0.05) is 10.9 Å². The highest BCUT2D eigenvalue weighted by Gasteiger charge is 2.32. The molecule has 0 saturated heterocycles. The molecule has 0 aliphatic carbocycles. The van der Waals surface area contributed by atoms with E-state index in [9.17, 15) is 13.2 Å². The lowest BCUT2D eigenvalue weighted by atomic mass is 9.99. The summed E-state index contributed by atoms with van der Waals surface area (Å²) in [6.45, 7) is 0. The number of hydrogen-bond acceptors (Lipinski definition) is 3. The number of halogens is 4. The number of nitrogens with zero attached hydrogens (tertiary/aromatic N) is 2. The van der Waals surface area contributed by atoms with E-state index in [0.29, 0.717) is 16.5 Å². The summed E-state index contributed by atoms with van der Waals surface area (Å²) in [6, 6.07) is 5.12. The molecule has 0 spiro atoms. The van der Waals surface area contributed by atoms with E-state index in [1.807, 2.05) is 0 Å². The first kappa shape index (κ1) is 14.6. The maximum Gasteiger partial charge on any atom is 0.416 e. The Balaban J connectivity index is 2.32. The number of aromatic amines is 1. The van der Waals surface area contributed by atoms with Crippen LogP contribution < -0.4 is 4.74 Å². The van der Waals surface area contributed by atoms with Gasteiger partial charge in [0.25, 0.3) is 0 Å². The van der Waals surface area contributed by atoms with Crippen molar-refractivity contribution in [1.29, 1.82) is 0 Å². The third-order valence-corrected chi connectivity index (χ3v) is 3.41. The number of alkyl halides is 3. The van der Waals surface area contributed by atoms with Gasteiger partial charge in [0.1, 0.15) is 5.15 Å². The van der Waals surface area contributed by atoms with Gasteiger partial charge < -0.3 is 4.74 Å². The molecule has 3 aromatic rings. The second-order valence-corrected chi connectivity index (χ2v) is 4.93. The number of pyridine rings is 1. The van der Waals surface area contributed by atoms with Crippen LogP contribution in [0.1, 0.15) is 5.56 Å². The van der Waals surface area contributed by atoms with Crippen molar-refractivity contribution in [2.75, 3.05) is 7.11 Å². The van der Waals surface area contributed by atoms with Gasteiger partial charge in [0.15, 0.2) is 0 Å². The molecule has 4 nitrogen and oxygen atoms in total. The molecular formula is C14H9ClF3N3O. The zero-order valence-corrected chi connectivity index (χ0v) is 12.0. The number of nitrogens with one attached hydrogen (secondary N) is 1. The van der Waals surface area contributed by atoms with E-state index in [0.717, 1.165) is 12.1 Å². The molecule has 8 heteroatoms. The van der Waals surface area contributed by atoms with Crippen LogP contribution in [-0.2, 0) is 6.18 Å². The number of benzene rings is 1. The summed E-state index contributed by atoms with van der Waals surface area (Å²) >= 11 is 5.79. The van der Waals surface area contributed by atoms with Gasteiger partial charge in [-0.05, 0) is 29.8 Å². The quantitative estimate of drug-likeness (QED) is 0.714. The highest BCUT2D eigenvalue weighted by molar-refractivity contribution is 6.29. The van der Waals surface area contributed by atoms with Gasteiger partial charge in [-0.15, -0.1) is 0 Å². The van der Waals surface area contributed by atoms with Crippen LogP contribution >= 0.6 is 11.6 Å². The lowest BCUT2D eigenvalue weighted by Gasteiger charge is -2.12. The number of aromatic nitrogens is 3. The molecular weight excluding hydrogens is 319 g/mol. The molecule has 0 fully saturated rings. The van der Waals surface area contributed by atoms with E-state index in [2.05, 4.69) is 15.2 Å². The molecule has 22 heavy (non-hydrogen) atoms. The van der Waals surface area contributed by atoms with Crippen molar-refractivity contribution < 1.29 is 17.9 Å². The summed E-state index contributed by atoms with van der Waals surface area (Å²) in [5.41, 5.74) is 0.224. The molecule has 3 rings (SSSR count). The molecule has 0 atom stereocenters.